The lowest BCUT2D eigenvalue weighted by molar-refractivity contribution is -0.143. The molecule has 5 amide bonds. The Labute approximate surface area is 334 Å². The van der Waals surface area contributed by atoms with Crippen LogP contribution >= 0.6 is 0 Å². The molecule has 0 saturated carbocycles. The van der Waals surface area contributed by atoms with Crippen molar-refractivity contribution in [1.29, 1.82) is 5.53 Å². The zero-order valence-electron chi connectivity index (χ0n) is 33.3. The number of hydrogen-bond donors (Lipinski definition) is 8. The molecule has 4 atom stereocenters. The Morgan fingerprint density at radius 1 is 0.965 bits per heavy atom. The molecule has 0 aromatic heterocycles. The fourth-order valence-electron chi connectivity index (χ4n) is 5.42. The summed E-state index contributed by atoms with van der Waals surface area (Å²) in [7, 11) is 1.31. The van der Waals surface area contributed by atoms with Gasteiger partial charge in [-0.3, -0.25) is 37.9 Å². The molecule has 318 valence electrons. The molecule has 1 heterocycles. The van der Waals surface area contributed by atoms with Gasteiger partial charge in [0.2, 0.25) is 23.6 Å². The zero-order chi connectivity index (χ0) is 42.7. The van der Waals surface area contributed by atoms with E-state index in [9.17, 15) is 38.1 Å². The van der Waals surface area contributed by atoms with Gasteiger partial charge in [0, 0.05) is 24.9 Å². The third-order valence-corrected chi connectivity index (χ3v) is 9.42. The quantitative estimate of drug-likeness (QED) is 0.0596. The van der Waals surface area contributed by atoms with E-state index in [4.69, 9.17) is 24.9 Å². The summed E-state index contributed by atoms with van der Waals surface area (Å²) < 4.78 is 29.2. The van der Waals surface area contributed by atoms with E-state index < -0.39 is 71.3 Å². The van der Waals surface area contributed by atoms with E-state index in [2.05, 4.69) is 31.7 Å². The van der Waals surface area contributed by atoms with E-state index in [-0.39, 0.29) is 72.1 Å². The summed E-state index contributed by atoms with van der Waals surface area (Å²) in [4.78, 5) is 79.2. The molecular weight excluding hydrogens is 767 g/mol. The molecule has 1 fully saturated rings. The van der Waals surface area contributed by atoms with Crippen LogP contribution in [0.1, 0.15) is 57.8 Å². The number of hydrogen-bond acceptors (Lipinski definition) is 15. The number of ether oxygens (including phenoxy) is 2. The number of morpholine rings is 1. The number of rotatable bonds is 24. The molecule has 0 bridgehead atoms. The third-order valence-electron chi connectivity index (χ3n) is 8.41. The normalized spacial score (nSPS) is 16.1. The van der Waals surface area contributed by atoms with Gasteiger partial charge in [-0.1, -0.05) is 27.7 Å². The predicted molar refractivity (Wildman–Crippen MR) is 207 cm³/mol. The molecule has 2 unspecified atom stereocenters. The summed E-state index contributed by atoms with van der Waals surface area (Å²) in [6.07, 6.45) is 1.39. The summed E-state index contributed by atoms with van der Waals surface area (Å²) in [5.74, 6) is -3.87. The second kappa shape index (κ2) is 24.1. The van der Waals surface area contributed by atoms with Gasteiger partial charge in [-0.15, -0.1) is 0 Å². The molecule has 0 spiro atoms. The topological polar surface area (TPSA) is 293 Å². The minimum atomic E-state index is -2.35. The van der Waals surface area contributed by atoms with Crippen molar-refractivity contribution < 1.29 is 51.7 Å². The molecule has 20 nitrogen and oxygen atoms in total. The Kier molecular flexibility index (Phi) is 20.4. The van der Waals surface area contributed by atoms with Gasteiger partial charge in [-0.2, -0.15) is 5.11 Å². The van der Waals surface area contributed by atoms with Gasteiger partial charge in [0.25, 0.3) is 5.91 Å². The molecule has 0 aliphatic carbocycles. The van der Waals surface area contributed by atoms with Crippen molar-refractivity contribution in [2.24, 2.45) is 22.7 Å². The number of nitrogens with one attached hydrogen (secondary N) is 6. The molecule has 9 N–H and O–H groups in total. The molecule has 1 aliphatic heterocycles. The van der Waals surface area contributed by atoms with Crippen LogP contribution in [-0.2, 0) is 44.0 Å². The van der Waals surface area contributed by atoms with Crippen molar-refractivity contribution in [3.63, 3.8) is 0 Å². The molecule has 21 heteroatoms. The first kappa shape index (κ1) is 48.3. The molecule has 2 rings (SSSR count). The van der Waals surface area contributed by atoms with Crippen LogP contribution in [0.2, 0.25) is 0 Å². The lowest BCUT2D eigenvalue weighted by Crippen LogP contribution is -2.55. The molecule has 1 aromatic rings. The number of ketones is 1. The molecule has 0 radical (unpaired) electrons. The van der Waals surface area contributed by atoms with Crippen molar-refractivity contribution >= 4 is 46.4 Å². The van der Waals surface area contributed by atoms with E-state index in [0.29, 0.717) is 26.3 Å². The first-order chi connectivity index (χ1) is 26.9. The first-order valence-corrected chi connectivity index (χ1v) is 19.5. The number of Topliss-reactive ketones (excluding diaryl/α,β-unsaturated/α-hetero) is 1. The smallest absolute Gasteiger partial charge is 0.251 e. The minimum absolute atomic E-state index is 0.0223. The fourth-order valence-corrected chi connectivity index (χ4v) is 6.42. The largest absolute Gasteiger partial charge is 0.495 e. The van der Waals surface area contributed by atoms with E-state index in [1.165, 1.54) is 25.3 Å². The van der Waals surface area contributed by atoms with Crippen molar-refractivity contribution in [3.05, 3.63) is 35.7 Å². The average Bonchev–Trinajstić information content (AvgIpc) is 3.17. The van der Waals surface area contributed by atoms with Crippen LogP contribution in [0.25, 0.3) is 0 Å². The van der Waals surface area contributed by atoms with Gasteiger partial charge in [0.15, 0.2) is 16.9 Å². The second-order valence-electron chi connectivity index (χ2n) is 14.3. The number of methoxy groups -OCH3 is 1. The number of benzene rings is 1. The lowest BCUT2D eigenvalue weighted by Gasteiger charge is -2.28. The Hall–Kier alpha value is -4.83. The van der Waals surface area contributed by atoms with Crippen LogP contribution in [0.4, 0.5) is 0 Å². The highest BCUT2D eigenvalue weighted by Crippen LogP contribution is 2.25. The summed E-state index contributed by atoms with van der Waals surface area (Å²) in [5.41, 5.74) is 10.3. The van der Waals surface area contributed by atoms with Gasteiger partial charge >= 0.3 is 0 Å². The number of carbonyl (C=O) groups is 6. The van der Waals surface area contributed by atoms with Gasteiger partial charge in [-0.25, -0.2) is 9.74 Å². The maximum Gasteiger partial charge on any atom is 0.251 e. The standard InChI is InChI=1S/C36H57N9O11S/c1-22(2)13-26(33(49)36(5,52)21-56-57(53)29-15-24(7-8-28(29)54-6)34(50)40-17-25(16-37)44-38)42-31(47)19-41-35(51)27(14-23(3)4)43-30(46)18-39-32(48)20-45-9-11-55-12-10-45/h7-8,15-16,22-23,26-27,38,52H,9-14,17-21,37H2,1-6H3,(H,39,48)(H,40,50)(H,41,51)(H,42,47)(H,43,46)/b25-16-,44-38?/t26-,27-,36?,57?/m0/s1. The van der Waals surface area contributed by atoms with Crippen LogP contribution in [0.5, 0.6) is 5.75 Å². The Morgan fingerprint density at radius 2 is 1.56 bits per heavy atom. The fraction of sp³-hybridized carbons (Fsp3) is 0.611. The van der Waals surface area contributed by atoms with E-state index in [0.717, 1.165) is 13.1 Å². The van der Waals surface area contributed by atoms with Gasteiger partial charge in [-0.05, 0) is 49.8 Å². The monoisotopic (exact) mass is 823 g/mol. The van der Waals surface area contributed by atoms with E-state index in [1.807, 2.05) is 18.7 Å². The number of aliphatic hydroxyl groups is 1. The maximum absolute atomic E-state index is 13.6. The SMILES string of the molecule is COc1ccc(C(=O)NC/C(=C/N)N=N)cc1S(=O)OCC(C)(O)C(=O)[C@H](CC(C)C)NC(=O)CNC(=O)[C@H](CC(C)C)NC(=O)CNC(=O)CN1CCOCC1. The number of carbonyl (C=O) groups excluding carboxylic acids is 6. The summed E-state index contributed by atoms with van der Waals surface area (Å²) in [5, 5.41) is 27.1. The molecule has 1 aliphatic rings. The Morgan fingerprint density at radius 3 is 2.14 bits per heavy atom. The zero-order valence-corrected chi connectivity index (χ0v) is 34.1. The van der Waals surface area contributed by atoms with Crippen LogP contribution in [0.15, 0.2) is 40.1 Å². The molecule has 1 aromatic carbocycles. The highest BCUT2D eigenvalue weighted by atomic mass is 32.2. The minimum Gasteiger partial charge on any atom is -0.495 e. The van der Waals surface area contributed by atoms with Crippen LogP contribution in [0.3, 0.4) is 0 Å². The maximum atomic E-state index is 13.6. The van der Waals surface area contributed by atoms with Crippen LogP contribution in [-0.4, -0.2) is 133 Å². The van der Waals surface area contributed by atoms with Crippen molar-refractivity contribution in [2.75, 3.05) is 66.2 Å². The number of nitrogens with two attached hydrogens (primary N) is 1. The molecule has 57 heavy (non-hydrogen) atoms. The van der Waals surface area contributed by atoms with Gasteiger partial charge in [0.05, 0.1) is 64.8 Å². The summed E-state index contributed by atoms with van der Waals surface area (Å²) in [6.45, 7) is 8.95. The second-order valence-corrected chi connectivity index (χ2v) is 15.5. The first-order valence-electron chi connectivity index (χ1n) is 18.4. The predicted octanol–water partition coefficient (Wildman–Crippen LogP) is -0.758. The highest BCUT2D eigenvalue weighted by molar-refractivity contribution is 7.80. The third kappa shape index (κ3) is 17.1. The van der Waals surface area contributed by atoms with Gasteiger partial charge < -0.3 is 46.9 Å². The van der Waals surface area contributed by atoms with E-state index in [1.54, 1.807) is 13.8 Å². The summed E-state index contributed by atoms with van der Waals surface area (Å²) >= 11 is -2.35. The van der Waals surface area contributed by atoms with Gasteiger partial charge in [0.1, 0.15) is 22.3 Å². The van der Waals surface area contributed by atoms with Crippen molar-refractivity contribution in [3.8, 4) is 5.75 Å². The van der Waals surface area contributed by atoms with E-state index >= 15 is 0 Å². The number of amides is 5. The summed E-state index contributed by atoms with van der Waals surface area (Å²) in [6, 6.07) is 1.76. The Balaban J connectivity index is 2.02. The average molecular weight is 824 g/mol. The number of nitrogens with zero attached hydrogens (tertiary/aromatic N) is 2. The Bertz CT molecular complexity index is 1630. The molecular formula is C36H57N9O11S. The highest BCUT2D eigenvalue weighted by Gasteiger charge is 2.38. The van der Waals surface area contributed by atoms with Crippen molar-refractivity contribution in [1.82, 2.24) is 31.5 Å². The van der Waals surface area contributed by atoms with Crippen LogP contribution < -0.4 is 37.1 Å². The lowest BCUT2D eigenvalue weighted by atomic mass is 9.90. The molecule has 1 saturated heterocycles. The van der Waals surface area contributed by atoms with Crippen LogP contribution in [0, 0.1) is 17.4 Å². The van der Waals surface area contributed by atoms with Crippen molar-refractivity contribution in [2.45, 2.75) is 70.0 Å².